The van der Waals surface area contributed by atoms with Gasteiger partial charge in [0, 0.05) is 12.7 Å². The van der Waals surface area contributed by atoms with Gasteiger partial charge in [0.25, 0.3) is 0 Å². The van der Waals surface area contributed by atoms with Gasteiger partial charge in [-0.15, -0.1) is 0 Å². The third-order valence-electron chi connectivity index (χ3n) is 4.99. The molecule has 3 rings (SSSR count). The third kappa shape index (κ3) is 4.31. The summed E-state index contributed by atoms with van der Waals surface area (Å²) in [6.45, 7) is 4.00. The molecule has 1 N–H and O–H groups in total. The van der Waals surface area contributed by atoms with Crippen LogP contribution in [0.2, 0.25) is 0 Å². The zero-order valence-corrected chi connectivity index (χ0v) is 15.8. The molecule has 0 heterocycles. The fourth-order valence-corrected chi connectivity index (χ4v) is 3.41. The molecule has 1 aliphatic carbocycles. The summed E-state index contributed by atoms with van der Waals surface area (Å²) in [5.41, 5.74) is 6.70. The van der Waals surface area contributed by atoms with Crippen LogP contribution >= 0.6 is 0 Å². The van der Waals surface area contributed by atoms with Crippen LogP contribution in [0.3, 0.4) is 0 Å². The fraction of sp³-hybridized carbons (Fsp3) is 0.364. The lowest BCUT2D eigenvalue weighted by Gasteiger charge is -2.18. The second-order valence-corrected chi connectivity index (χ2v) is 7.25. The number of carbonyl (C=O) groups is 2. The zero-order chi connectivity index (χ0) is 18.7. The van der Waals surface area contributed by atoms with E-state index in [0.29, 0.717) is 6.42 Å². The molecule has 0 saturated carbocycles. The molecule has 1 aliphatic rings. The highest BCUT2D eigenvalue weighted by molar-refractivity contribution is 5.95. The maximum Gasteiger partial charge on any atom is 0.243 e. The molecular formula is C22H26N2O2. The standard InChI is InChI=1S/C22H26N2O2/c1-15-7-8-16(2)20(11-15)23-21(25)14-24(3)22(26)13-17-9-10-18-5-4-6-19(18)12-17/h7-12H,4-6,13-14H2,1-3H3,(H,23,25). The van der Waals surface area contributed by atoms with Gasteiger partial charge in [-0.05, 0) is 67.0 Å². The monoisotopic (exact) mass is 350 g/mol. The van der Waals surface area contributed by atoms with E-state index in [1.54, 1.807) is 7.05 Å². The Kier molecular flexibility index (Phi) is 5.40. The number of carbonyl (C=O) groups excluding carboxylic acids is 2. The van der Waals surface area contributed by atoms with Gasteiger partial charge in [0.15, 0.2) is 0 Å². The van der Waals surface area contributed by atoms with Gasteiger partial charge in [0.2, 0.25) is 11.8 Å². The number of amides is 2. The SMILES string of the molecule is Cc1ccc(C)c(NC(=O)CN(C)C(=O)Cc2ccc3c(c2)CCC3)c1. The first-order valence-corrected chi connectivity index (χ1v) is 9.14. The zero-order valence-electron chi connectivity index (χ0n) is 15.8. The van der Waals surface area contributed by atoms with Crippen molar-refractivity contribution in [3.63, 3.8) is 0 Å². The molecule has 0 unspecified atom stereocenters. The van der Waals surface area contributed by atoms with Crippen LogP contribution in [0.25, 0.3) is 0 Å². The Bertz CT molecular complexity index is 842. The van der Waals surface area contributed by atoms with Crippen molar-refractivity contribution in [2.24, 2.45) is 0 Å². The number of nitrogens with one attached hydrogen (secondary N) is 1. The van der Waals surface area contributed by atoms with Crippen LogP contribution in [0, 0.1) is 13.8 Å². The number of anilines is 1. The van der Waals surface area contributed by atoms with Crippen molar-refractivity contribution in [2.45, 2.75) is 39.5 Å². The normalized spacial score (nSPS) is 12.6. The van der Waals surface area contributed by atoms with Gasteiger partial charge in [-0.2, -0.15) is 0 Å². The highest BCUT2D eigenvalue weighted by Crippen LogP contribution is 2.23. The molecule has 0 fully saturated rings. The topological polar surface area (TPSA) is 49.4 Å². The Morgan fingerprint density at radius 2 is 1.81 bits per heavy atom. The molecule has 2 aromatic carbocycles. The van der Waals surface area contributed by atoms with E-state index < -0.39 is 0 Å². The van der Waals surface area contributed by atoms with E-state index in [9.17, 15) is 9.59 Å². The van der Waals surface area contributed by atoms with Crippen LogP contribution in [0.1, 0.15) is 34.2 Å². The van der Waals surface area contributed by atoms with Gasteiger partial charge >= 0.3 is 0 Å². The molecule has 2 amide bonds. The summed E-state index contributed by atoms with van der Waals surface area (Å²) in [5.74, 6) is -0.220. The summed E-state index contributed by atoms with van der Waals surface area (Å²) in [6, 6.07) is 12.2. The summed E-state index contributed by atoms with van der Waals surface area (Å²) in [7, 11) is 1.68. The van der Waals surface area contributed by atoms with E-state index in [1.807, 2.05) is 38.1 Å². The quantitative estimate of drug-likeness (QED) is 0.898. The van der Waals surface area contributed by atoms with Gasteiger partial charge < -0.3 is 10.2 Å². The lowest BCUT2D eigenvalue weighted by molar-refractivity contribution is -0.132. The molecule has 2 aromatic rings. The molecule has 136 valence electrons. The van der Waals surface area contributed by atoms with Crippen molar-refractivity contribution in [2.75, 3.05) is 18.9 Å². The minimum atomic E-state index is -0.177. The number of nitrogens with zero attached hydrogens (tertiary/aromatic N) is 1. The Hall–Kier alpha value is -2.62. The van der Waals surface area contributed by atoms with Crippen LogP contribution in [0.5, 0.6) is 0 Å². The number of aryl methyl sites for hydroxylation is 4. The molecule has 0 spiro atoms. The average molecular weight is 350 g/mol. The number of likely N-dealkylation sites (N-methyl/N-ethyl adjacent to an activating group) is 1. The Labute approximate surface area is 155 Å². The smallest absolute Gasteiger partial charge is 0.243 e. The van der Waals surface area contributed by atoms with Crippen LogP contribution in [-0.4, -0.2) is 30.3 Å². The molecule has 0 radical (unpaired) electrons. The molecule has 4 nitrogen and oxygen atoms in total. The predicted molar refractivity (Wildman–Crippen MR) is 104 cm³/mol. The lowest BCUT2D eigenvalue weighted by Crippen LogP contribution is -2.35. The summed E-state index contributed by atoms with van der Waals surface area (Å²) in [6.07, 6.45) is 3.78. The van der Waals surface area contributed by atoms with Crippen LogP contribution < -0.4 is 5.32 Å². The third-order valence-corrected chi connectivity index (χ3v) is 4.99. The van der Waals surface area contributed by atoms with E-state index >= 15 is 0 Å². The first kappa shape index (κ1) is 18.2. The number of benzene rings is 2. The highest BCUT2D eigenvalue weighted by Gasteiger charge is 2.16. The van der Waals surface area contributed by atoms with E-state index in [0.717, 1.165) is 35.2 Å². The lowest BCUT2D eigenvalue weighted by atomic mass is 10.0. The van der Waals surface area contributed by atoms with Gasteiger partial charge in [-0.1, -0.05) is 30.3 Å². The van der Waals surface area contributed by atoms with Crippen LogP contribution in [0.4, 0.5) is 5.69 Å². The fourth-order valence-electron chi connectivity index (χ4n) is 3.41. The van der Waals surface area contributed by atoms with Gasteiger partial charge in [0.1, 0.15) is 0 Å². The van der Waals surface area contributed by atoms with E-state index in [-0.39, 0.29) is 18.4 Å². The van der Waals surface area contributed by atoms with Crippen molar-refractivity contribution in [1.29, 1.82) is 0 Å². The Balaban J connectivity index is 1.56. The van der Waals surface area contributed by atoms with Crippen molar-refractivity contribution in [1.82, 2.24) is 4.90 Å². The molecule has 0 bridgehead atoms. The van der Waals surface area contributed by atoms with E-state index in [1.165, 1.54) is 22.4 Å². The maximum atomic E-state index is 12.5. The molecule has 4 heteroatoms. The van der Waals surface area contributed by atoms with E-state index in [2.05, 4.69) is 17.4 Å². The first-order chi connectivity index (χ1) is 12.4. The van der Waals surface area contributed by atoms with Crippen LogP contribution in [-0.2, 0) is 28.9 Å². The Morgan fingerprint density at radius 1 is 1.04 bits per heavy atom. The molecule has 26 heavy (non-hydrogen) atoms. The summed E-state index contributed by atoms with van der Waals surface area (Å²) in [4.78, 5) is 26.3. The summed E-state index contributed by atoms with van der Waals surface area (Å²) in [5, 5.41) is 2.90. The molecule has 0 aliphatic heterocycles. The van der Waals surface area contributed by atoms with Crippen LogP contribution in [0.15, 0.2) is 36.4 Å². The molecule has 0 saturated heterocycles. The van der Waals surface area contributed by atoms with Crippen molar-refractivity contribution >= 4 is 17.5 Å². The maximum absolute atomic E-state index is 12.5. The van der Waals surface area contributed by atoms with Gasteiger partial charge in [-0.3, -0.25) is 9.59 Å². The second-order valence-electron chi connectivity index (χ2n) is 7.25. The van der Waals surface area contributed by atoms with Crippen molar-refractivity contribution in [3.8, 4) is 0 Å². The molecular weight excluding hydrogens is 324 g/mol. The minimum Gasteiger partial charge on any atom is -0.336 e. The average Bonchev–Trinajstić information content (AvgIpc) is 3.05. The minimum absolute atomic E-state index is 0.0425. The van der Waals surface area contributed by atoms with E-state index in [4.69, 9.17) is 0 Å². The molecule has 0 atom stereocenters. The number of rotatable bonds is 5. The largest absolute Gasteiger partial charge is 0.336 e. The van der Waals surface area contributed by atoms with Crippen molar-refractivity contribution < 1.29 is 9.59 Å². The summed E-state index contributed by atoms with van der Waals surface area (Å²) < 4.78 is 0. The number of fused-ring (bicyclic) bond motifs is 1. The van der Waals surface area contributed by atoms with Crippen molar-refractivity contribution in [3.05, 3.63) is 64.2 Å². The predicted octanol–water partition coefficient (Wildman–Crippen LogP) is 3.43. The highest BCUT2D eigenvalue weighted by atomic mass is 16.2. The summed E-state index contributed by atoms with van der Waals surface area (Å²) >= 11 is 0. The second kappa shape index (κ2) is 7.73. The first-order valence-electron chi connectivity index (χ1n) is 9.14. The number of hydrogen-bond donors (Lipinski definition) is 1. The van der Waals surface area contributed by atoms with Gasteiger partial charge in [0.05, 0.1) is 13.0 Å². The number of hydrogen-bond acceptors (Lipinski definition) is 2. The Morgan fingerprint density at radius 3 is 2.62 bits per heavy atom. The van der Waals surface area contributed by atoms with Gasteiger partial charge in [-0.25, -0.2) is 0 Å². The molecule has 0 aromatic heterocycles.